The molecule has 1 aliphatic heterocycles. The number of ether oxygens (including phenoxy) is 3. The predicted octanol–water partition coefficient (Wildman–Crippen LogP) is 3.47. The second-order valence-electron chi connectivity index (χ2n) is 5.75. The van der Waals surface area contributed by atoms with Gasteiger partial charge in [-0.05, 0) is 42.0 Å². The average Bonchev–Trinajstić information content (AvgIpc) is 3.07. The summed E-state index contributed by atoms with van der Waals surface area (Å²) in [5, 5.41) is 0. The second kappa shape index (κ2) is 7.15. The highest BCUT2D eigenvalue weighted by Gasteiger charge is 2.30. The molecule has 0 fully saturated rings. The summed E-state index contributed by atoms with van der Waals surface area (Å²) < 4.78 is 53.3. The Labute approximate surface area is 147 Å². The highest BCUT2D eigenvalue weighted by atomic mass is 19.4. The Kier molecular flexibility index (Phi) is 4.92. The fraction of sp³-hybridized carbons (Fsp3) is 0.278. The molecule has 0 bridgehead atoms. The van der Waals surface area contributed by atoms with Crippen LogP contribution >= 0.6 is 0 Å². The second-order valence-corrected chi connectivity index (χ2v) is 5.75. The SMILES string of the molecule is CN(Cc1ccc2c(c1)OCO2)C(=O)COc1ccc(C(F)(F)F)cc1. The number of likely N-dealkylation sites (N-methyl/N-ethyl adjacent to an activating group) is 1. The van der Waals surface area contributed by atoms with Crippen molar-refractivity contribution in [2.45, 2.75) is 12.7 Å². The van der Waals surface area contributed by atoms with E-state index in [1.54, 1.807) is 19.2 Å². The number of benzene rings is 2. The van der Waals surface area contributed by atoms with Crippen LogP contribution in [-0.4, -0.2) is 31.3 Å². The van der Waals surface area contributed by atoms with Crippen LogP contribution in [0.2, 0.25) is 0 Å². The average molecular weight is 367 g/mol. The topological polar surface area (TPSA) is 48.0 Å². The Bertz CT molecular complexity index is 790. The van der Waals surface area contributed by atoms with E-state index in [1.807, 2.05) is 6.07 Å². The maximum atomic E-state index is 12.5. The number of amides is 1. The minimum atomic E-state index is -4.40. The maximum absolute atomic E-state index is 12.5. The van der Waals surface area contributed by atoms with Gasteiger partial charge in [0.2, 0.25) is 6.79 Å². The van der Waals surface area contributed by atoms with Crippen molar-refractivity contribution in [1.82, 2.24) is 4.90 Å². The van der Waals surface area contributed by atoms with Gasteiger partial charge in [-0.15, -0.1) is 0 Å². The van der Waals surface area contributed by atoms with E-state index in [0.717, 1.165) is 17.7 Å². The molecule has 3 rings (SSSR count). The van der Waals surface area contributed by atoms with E-state index in [1.165, 1.54) is 17.0 Å². The van der Waals surface area contributed by atoms with E-state index in [9.17, 15) is 18.0 Å². The number of alkyl halides is 3. The number of halogens is 3. The lowest BCUT2D eigenvalue weighted by Crippen LogP contribution is -2.30. The van der Waals surface area contributed by atoms with Crippen LogP contribution in [0.25, 0.3) is 0 Å². The molecule has 1 aliphatic rings. The highest BCUT2D eigenvalue weighted by molar-refractivity contribution is 5.77. The van der Waals surface area contributed by atoms with Crippen molar-refractivity contribution >= 4 is 5.91 Å². The lowest BCUT2D eigenvalue weighted by atomic mass is 10.2. The van der Waals surface area contributed by atoms with Crippen molar-refractivity contribution in [2.24, 2.45) is 0 Å². The Morgan fingerprint density at radius 1 is 1.12 bits per heavy atom. The van der Waals surface area contributed by atoms with E-state index in [-0.39, 0.29) is 25.1 Å². The van der Waals surface area contributed by atoms with Gasteiger partial charge >= 0.3 is 6.18 Å². The van der Waals surface area contributed by atoms with Gasteiger partial charge in [0.1, 0.15) is 5.75 Å². The van der Waals surface area contributed by atoms with Gasteiger partial charge < -0.3 is 19.1 Å². The largest absolute Gasteiger partial charge is 0.484 e. The van der Waals surface area contributed by atoms with Gasteiger partial charge in [0.15, 0.2) is 18.1 Å². The molecule has 0 aromatic heterocycles. The molecule has 0 saturated carbocycles. The van der Waals surface area contributed by atoms with Crippen LogP contribution in [-0.2, 0) is 17.5 Å². The number of fused-ring (bicyclic) bond motifs is 1. The number of rotatable bonds is 5. The molecule has 0 aliphatic carbocycles. The summed E-state index contributed by atoms with van der Waals surface area (Å²) in [4.78, 5) is 13.6. The van der Waals surface area contributed by atoms with E-state index in [0.29, 0.717) is 18.0 Å². The fourth-order valence-corrected chi connectivity index (χ4v) is 2.40. The summed E-state index contributed by atoms with van der Waals surface area (Å²) in [7, 11) is 1.61. The van der Waals surface area contributed by atoms with Crippen molar-refractivity contribution in [3.05, 3.63) is 53.6 Å². The molecular weight excluding hydrogens is 351 g/mol. The van der Waals surface area contributed by atoms with Gasteiger partial charge in [-0.1, -0.05) is 6.07 Å². The monoisotopic (exact) mass is 367 g/mol. The zero-order valence-corrected chi connectivity index (χ0v) is 13.9. The first-order valence-corrected chi connectivity index (χ1v) is 7.75. The van der Waals surface area contributed by atoms with Crippen molar-refractivity contribution in [1.29, 1.82) is 0 Å². The number of hydrogen-bond acceptors (Lipinski definition) is 4. The van der Waals surface area contributed by atoms with Crippen LogP contribution in [0, 0.1) is 0 Å². The van der Waals surface area contributed by atoms with Gasteiger partial charge in [0, 0.05) is 13.6 Å². The predicted molar refractivity (Wildman–Crippen MR) is 86.0 cm³/mol. The normalized spacial score (nSPS) is 12.8. The summed E-state index contributed by atoms with van der Waals surface area (Å²) in [6, 6.07) is 9.60. The van der Waals surface area contributed by atoms with Crippen molar-refractivity contribution < 1.29 is 32.2 Å². The van der Waals surface area contributed by atoms with E-state index >= 15 is 0 Å². The lowest BCUT2D eigenvalue weighted by molar-refractivity contribution is -0.137. The Morgan fingerprint density at radius 3 is 2.50 bits per heavy atom. The van der Waals surface area contributed by atoms with Gasteiger partial charge in [0.25, 0.3) is 5.91 Å². The summed E-state index contributed by atoms with van der Waals surface area (Å²) >= 11 is 0. The summed E-state index contributed by atoms with van der Waals surface area (Å²) in [5.41, 5.74) is 0.0933. The molecule has 0 N–H and O–H groups in total. The van der Waals surface area contributed by atoms with E-state index in [4.69, 9.17) is 14.2 Å². The van der Waals surface area contributed by atoms with Crippen LogP contribution in [0.4, 0.5) is 13.2 Å². The first kappa shape index (κ1) is 17.9. The lowest BCUT2D eigenvalue weighted by Gasteiger charge is -2.18. The Hall–Kier alpha value is -2.90. The fourth-order valence-electron chi connectivity index (χ4n) is 2.40. The number of carbonyl (C=O) groups is 1. The zero-order chi connectivity index (χ0) is 18.7. The van der Waals surface area contributed by atoms with Crippen molar-refractivity contribution in [3.63, 3.8) is 0 Å². The molecule has 5 nitrogen and oxygen atoms in total. The first-order chi connectivity index (χ1) is 12.3. The third-order valence-electron chi connectivity index (χ3n) is 3.83. The van der Waals surface area contributed by atoms with Gasteiger partial charge in [0.05, 0.1) is 5.56 Å². The maximum Gasteiger partial charge on any atom is 0.416 e. The molecule has 2 aromatic carbocycles. The minimum absolute atomic E-state index is 0.175. The summed E-state index contributed by atoms with van der Waals surface area (Å²) in [5.74, 6) is 1.18. The van der Waals surface area contributed by atoms with E-state index in [2.05, 4.69) is 0 Å². The standard InChI is InChI=1S/C18H16F3NO4/c1-22(9-12-2-7-15-16(8-12)26-11-25-15)17(23)10-24-14-5-3-13(4-6-14)18(19,20)21/h2-8H,9-11H2,1H3. The van der Waals surface area contributed by atoms with Crippen LogP contribution in [0.15, 0.2) is 42.5 Å². The van der Waals surface area contributed by atoms with Gasteiger partial charge in [-0.3, -0.25) is 4.79 Å². The third-order valence-corrected chi connectivity index (χ3v) is 3.83. The van der Waals surface area contributed by atoms with E-state index < -0.39 is 11.7 Å². The molecule has 2 aromatic rings. The molecule has 0 radical (unpaired) electrons. The summed E-state index contributed by atoms with van der Waals surface area (Å²) in [6.45, 7) is 0.243. The summed E-state index contributed by atoms with van der Waals surface area (Å²) in [6.07, 6.45) is -4.40. The first-order valence-electron chi connectivity index (χ1n) is 7.75. The molecule has 1 heterocycles. The highest BCUT2D eigenvalue weighted by Crippen LogP contribution is 2.33. The molecule has 0 unspecified atom stereocenters. The Morgan fingerprint density at radius 2 is 1.81 bits per heavy atom. The number of carbonyl (C=O) groups excluding carboxylic acids is 1. The van der Waals surface area contributed by atoms with Crippen LogP contribution < -0.4 is 14.2 Å². The molecule has 0 saturated heterocycles. The van der Waals surface area contributed by atoms with Gasteiger partial charge in [-0.25, -0.2) is 0 Å². The molecule has 0 atom stereocenters. The van der Waals surface area contributed by atoms with Crippen molar-refractivity contribution in [3.8, 4) is 17.2 Å². The van der Waals surface area contributed by atoms with Crippen LogP contribution in [0.5, 0.6) is 17.2 Å². The molecule has 0 spiro atoms. The van der Waals surface area contributed by atoms with Crippen LogP contribution in [0.3, 0.4) is 0 Å². The minimum Gasteiger partial charge on any atom is -0.484 e. The number of hydrogen-bond donors (Lipinski definition) is 0. The van der Waals surface area contributed by atoms with Crippen LogP contribution in [0.1, 0.15) is 11.1 Å². The molecule has 138 valence electrons. The van der Waals surface area contributed by atoms with Crippen molar-refractivity contribution in [2.75, 3.05) is 20.4 Å². The quantitative estimate of drug-likeness (QED) is 0.812. The smallest absolute Gasteiger partial charge is 0.416 e. The molecule has 26 heavy (non-hydrogen) atoms. The molecular formula is C18H16F3NO4. The molecule has 1 amide bonds. The molecule has 8 heteroatoms. The Balaban J connectivity index is 1.53. The number of nitrogens with zero attached hydrogens (tertiary/aromatic N) is 1. The van der Waals surface area contributed by atoms with Gasteiger partial charge in [-0.2, -0.15) is 13.2 Å². The third kappa shape index (κ3) is 4.19. The zero-order valence-electron chi connectivity index (χ0n) is 13.9.